The number of anilines is 1. The highest BCUT2D eigenvalue weighted by Crippen LogP contribution is 2.25. The van der Waals surface area contributed by atoms with E-state index in [1.807, 2.05) is 48.8 Å². The highest BCUT2D eigenvalue weighted by atomic mass is 16.1. The number of imidazole rings is 2. The first-order valence-electron chi connectivity index (χ1n) is 14.0. The van der Waals surface area contributed by atoms with Gasteiger partial charge in [0.15, 0.2) is 0 Å². The fourth-order valence-corrected chi connectivity index (χ4v) is 4.99. The quantitative estimate of drug-likeness (QED) is 0.172. The molecule has 0 aliphatic heterocycles. The Kier molecular flexibility index (Phi) is 10.4. The van der Waals surface area contributed by atoms with Gasteiger partial charge in [0.1, 0.15) is 11.6 Å². The predicted molar refractivity (Wildman–Crippen MR) is 156 cm³/mol. The summed E-state index contributed by atoms with van der Waals surface area (Å²) >= 11 is 0. The molecule has 0 aliphatic carbocycles. The molecule has 0 radical (unpaired) electrons. The standard InChI is InChI=1S/C31H41N7O/c1-4-19-37(20-5-2)21-24-9-13-27(14-10-24)36-31(39)26-11-7-25(8-12-26)22-38(23-29-32-15-16-33-29)28(6-3)30-34-17-18-35-30/h7-18,28H,4-6,19-23H2,1-3H3,(H,32,33)(H,34,35)(H,36,39). The van der Waals surface area contributed by atoms with E-state index in [0.717, 1.165) is 61.8 Å². The van der Waals surface area contributed by atoms with Gasteiger partial charge in [-0.25, -0.2) is 9.97 Å². The molecule has 2 aromatic heterocycles. The van der Waals surface area contributed by atoms with Gasteiger partial charge in [-0.1, -0.05) is 45.0 Å². The summed E-state index contributed by atoms with van der Waals surface area (Å²) in [6.07, 6.45) is 10.5. The monoisotopic (exact) mass is 527 g/mol. The van der Waals surface area contributed by atoms with Crippen molar-refractivity contribution < 1.29 is 4.79 Å². The maximum absolute atomic E-state index is 12.9. The zero-order valence-corrected chi connectivity index (χ0v) is 23.4. The summed E-state index contributed by atoms with van der Waals surface area (Å²) in [5, 5.41) is 3.04. The second kappa shape index (κ2) is 14.4. The number of hydrogen-bond acceptors (Lipinski definition) is 5. The third-order valence-corrected chi connectivity index (χ3v) is 6.87. The van der Waals surface area contributed by atoms with E-state index in [-0.39, 0.29) is 11.9 Å². The number of benzene rings is 2. The fraction of sp³-hybridized carbons (Fsp3) is 0.387. The number of amides is 1. The summed E-state index contributed by atoms with van der Waals surface area (Å²) < 4.78 is 0. The van der Waals surface area contributed by atoms with Crippen LogP contribution in [0.25, 0.3) is 0 Å². The summed E-state index contributed by atoms with van der Waals surface area (Å²) in [5.41, 5.74) is 3.82. The first-order valence-corrected chi connectivity index (χ1v) is 14.0. The van der Waals surface area contributed by atoms with Gasteiger partial charge in [-0.3, -0.25) is 14.6 Å². The van der Waals surface area contributed by atoms with Crippen molar-refractivity contribution in [3.63, 3.8) is 0 Å². The van der Waals surface area contributed by atoms with Gasteiger partial charge in [0, 0.05) is 49.1 Å². The second-order valence-corrected chi connectivity index (χ2v) is 9.96. The highest BCUT2D eigenvalue weighted by molar-refractivity contribution is 6.04. The molecule has 4 aromatic rings. The minimum atomic E-state index is -0.109. The predicted octanol–water partition coefficient (Wildman–Crippen LogP) is 6.16. The van der Waals surface area contributed by atoms with Crippen LogP contribution < -0.4 is 5.32 Å². The molecule has 0 aliphatic rings. The molecule has 0 fully saturated rings. The van der Waals surface area contributed by atoms with Gasteiger partial charge < -0.3 is 15.3 Å². The number of hydrogen-bond donors (Lipinski definition) is 3. The van der Waals surface area contributed by atoms with Crippen LogP contribution in [0.3, 0.4) is 0 Å². The normalized spacial score (nSPS) is 12.2. The summed E-state index contributed by atoms with van der Waals surface area (Å²) in [7, 11) is 0. The molecule has 0 saturated carbocycles. The lowest BCUT2D eigenvalue weighted by molar-refractivity contribution is 0.102. The van der Waals surface area contributed by atoms with E-state index in [9.17, 15) is 4.79 Å². The minimum absolute atomic E-state index is 0.109. The van der Waals surface area contributed by atoms with E-state index in [1.54, 1.807) is 12.4 Å². The Bertz CT molecular complexity index is 1230. The largest absolute Gasteiger partial charge is 0.348 e. The lowest BCUT2D eigenvalue weighted by Crippen LogP contribution is -2.29. The average molecular weight is 528 g/mol. The fourth-order valence-electron chi connectivity index (χ4n) is 4.99. The van der Waals surface area contributed by atoms with Crippen LogP contribution in [0.15, 0.2) is 73.3 Å². The Morgan fingerprint density at radius 1 is 0.821 bits per heavy atom. The van der Waals surface area contributed by atoms with Gasteiger partial charge in [-0.15, -0.1) is 0 Å². The third kappa shape index (κ3) is 8.12. The maximum atomic E-state index is 12.9. The van der Waals surface area contributed by atoms with Gasteiger partial charge in [0.25, 0.3) is 5.91 Å². The van der Waals surface area contributed by atoms with Crippen molar-refractivity contribution in [3.8, 4) is 0 Å². The van der Waals surface area contributed by atoms with Crippen LogP contribution in [0.2, 0.25) is 0 Å². The molecule has 1 unspecified atom stereocenters. The lowest BCUT2D eigenvalue weighted by Gasteiger charge is -2.29. The first kappa shape index (κ1) is 28.3. The Morgan fingerprint density at radius 3 is 2.05 bits per heavy atom. The van der Waals surface area contributed by atoms with Crippen molar-refractivity contribution in [1.29, 1.82) is 0 Å². The number of carbonyl (C=O) groups is 1. The van der Waals surface area contributed by atoms with E-state index in [4.69, 9.17) is 0 Å². The lowest BCUT2D eigenvalue weighted by atomic mass is 10.1. The maximum Gasteiger partial charge on any atom is 0.255 e. The molecule has 8 nitrogen and oxygen atoms in total. The molecular weight excluding hydrogens is 486 g/mol. The van der Waals surface area contributed by atoms with Crippen molar-refractivity contribution in [2.24, 2.45) is 0 Å². The Labute approximate surface area is 231 Å². The molecule has 1 atom stereocenters. The Hall–Kier alpha value is -3.75. The van der Waals surface area contributed by atoms with Gasteiger partial charge in [-0.05, 0) is 67.7 Å². The highest BCUT2D eigenvalue weighted by Gasteiger charge is 2.22. The summed E-state index contributed by atoms with van der Waals surface area (Å²) in [5.74, 6) is 1.74. The molecule has 0 bridgehead atoms. The van der Waals surface area contributed by atoms with Crippen molar-refractivity contribution in [1.82, 2.24) is 29.7 Å². The van der Waals surface area contributed by atoms with Gasteiger partial charge in [0.05, 0.1) is 12.6 Å². The van der Waals surface area contributed by atoms with Gasteiger partial charge >= 0.3 is 0 Å². The van der Waals surface area contributed by atoms with E-state index in [2.05, 4.69) is 68.0 Å². The number of rotatable bonds is 15. The molecule has 0 saturated heterocycles. The molecule has 39 heavy (non-hydrogen) atoms. The molecule has 2 aromatic carbocycles. The molecule has 1 amide bonds. The smallest absolute Gasteiger partial charge is 0.255 e. The summed E-state index contributed by atoms with van der Waals surface area (Å²) in [4.78, 5) is 33.2. The van der Waals surface area contributed by atoms with Crippen molar-refractivity contribution in [2.75, 3.05) is 18.4 Å². The Morgan fingerprint density at radius 2 is 1.46 bits per heavy atom. The second-order valence-electron chi connectivity index (χ2n) is 9.96. The van der Waals surface area contributed by atoms with Crippen LogP contribution in [0.4, 0.5) is 5.69 Å². The molecule has 8 heteroatoms. The van der Waals surface area contributed by atoms with Crippen molar-refractivity contribution >= 4 is 11.6 Å². The van der Waals surface area contributed by atoms with Crippen LogP contribution >= 0.6 is 0 Å². The number of aromatic nitrogens is 4. The SMILES string of the molecule is CCCN(CCC)Cc1ccc(NC(=O)c2ccc(CN(Cc3ncc[nH]3)C(CC)c3ncc[nH]3)cc2)cc1. The Balaban J connectivity index is 1.38. The van der Waals surface area contributed by atoms with E-state index >= 15 is 0 Å². The number of H-pyrrole nitrogens is 2. The number of carbonyl (C=O) groups excluding carboxylic acids is 1. The number of nitrogens with zero attached hydrogens (tertiary/aromatic N) is 4. The van der Waals surface area contributed by atoms with Crippen molar-refractivity contribution in [3.05, 3.63) is 102 Å². The van der Waals surface area contributed by atoms with Crippen LogP contribution in [-0.4, -0.2) is 48.7 Å². The minimum Gasteiger partial charge on any atom is -0.348 e. The first-order chi connectivity index (χ1) is 19.1. The number of nitrogens with one attached hydrogen (secondary N) is 3. The van der Waals surface area contributed by atoms with Crippen LogP contribution in [0.5, 0.6) is 0 Å². The topological polar surface area (TPSA) is 92.9 Å². The van der Waals surface area contributed by atoms with Crippen LogP contribution in [0, 0.1) is 0 Å². The van der Waals surface area contributed by atoms with E-state index in [0.29, 0.717) is 18.7 Å². The van der Waals surface area contributed by atoms with Crippen LogP contribution in [-0.2, 0) is 19.6 Å². The molecule has 0 spiro atoms. The summed E-state index contributed by atoms with van der Waals surface area (Å²) in [6.45, 7) is 11.1. The molecule has 206 valence electrons. The van der Waals surface area contributed by atoms with Gasteiger partial charge in [0.2, 0.25) is 0 Å². The number of aromatic amines is 2. The zero-order valence-electron chi connectivity index (χ0n) is 23.4. The molecular formula is C31H41N7O. The van der Waals surface area contributed by atoms with Crippen LogP contribution in [0.1, 0.15) is 79.2 Å². The third-order valence-electron chi connectivity index (χ3n) is 6.87. The van der Waals surface area contributed by atoms with Gasteiger partial charge in [-0.2, -0.15) is 0 Å². The molecule has 2 heterocycles. The van der Waals surface area contributed by atoms with E-state index in [1.165, 1.54) is 5.56 Å². The van der Waals surface area contributed by atoms with E-state index < -0.39 is 0 Å². The molecule has 4 rings (SSSR count). The molecule has 3 N–H and O–H groups in total. The summed E-state index contributed by atoms with van der Waals surface area (Å²) in [6, 6.07) is 16.1. The zero-order chi connectivity index (χ0) is 27.5. The average Bonchev–Trinajstić information content (AvgIpc) is 3.66. The van der Waals surface area contributed by atoms with Crippen molar-refractivity contribution in [2.45, 2.75) is 65.7 Å².